The molecule has 0 unspecified atom stereocenters. The van der Waals surface area contributed by atoms with E-state index in [0.29, 0.717) is 30.1 Å². The molecule has 1 saturated carbocycles. The van der Waals surface area contributed by atoms with E-state index in [1.54, 1.807) is 24.3 Å². The van der Waals surface area contributed by atoms with Crippen LogP contribution in [0.15, 0.2) is 48.5 Å². The molecule has 0 aromatic heterocycles. The maximum atomic E-state index is 12.4. The van der Waals surface area contributed by atoms with Crippen LogP contribution in [0, 0.1) is 11.8 Å². The number of nitrogens with one attached hydrogen (secondary N) is 3. The highest BCUT2D eigenvalue weighted by Gasteiger charge is 2.29. The molecule has 152 valence electrons. The van der Waals surface area contributed by atoms with Gasteiger partial charge >= 0.3 is 0 Å². The van der Waals surface area contributed by atoms with Gasteiger partial charge in [0.25, 0.3) is 5.91 Å². The first-order valence-corrected chi connectivity index (χ1v) is 9.98. The fraction of sp³-hybridized carbons (Fsp3) is 0.348. The van der Waals surface area contributed by atoms with Crippen LogP contribution in [-0.2, 0) is 16.1 Å². The quantitative estimate of drug-likeness (QED) is 0.635. The van der Waals surface area contributed by atoms with Crippen LogP contribution in [0.1, 0.15) is 49.0 Å². The third-order valence-electron chi connectivity index (χ3n) is 4.62. The van der Waals surface area contributed by atoms with Crippen molar-refractivity contribution in [2.45, 2.75) is 39.7 Å². The molecule has 0 aliphatic heterocycles. The Morgan fingerprint density at radius 2 is 1.69 bits per heavy atom. The normalized spacial score (nSPS) is 13.1. The summed E-state index contributed by atoms with van der Waals surface area (Å²) in [7, 11) is 0. The molecule has 6 nitrogen and oxygen atoms in total. The van der Waals surface area contributed by atoms with E-state index in [1.165, 1.54) is 0 Å². The Morgan fingerprint density at radius 3 is 2.34 bits per heavy atom. The lowest BCUT2D eigenvalue weighted by atomic mass is 10.1. The number of anilines is 2. The second-order valence-corrected chi connectivity index (χ2v) is 7.87. The number of amides is 3. The molecule has 3 amide bonds. The van der Waals surface area contributed by atoms with Gasteiger partial charge in [0.15, 0.2) is 0 Å². The topological polar surface area (TPSA) is 87.3 Å². The first-order valence-electron chi connectivity index (χ1n) is 9.98. The van der Waals surface area contributed by atoms with Gasteiger partial charge in [-0.3, -0.25) is 14.4 Å². The van der Waals surface area contributed by atoms with Crippen molar-refractivity contribution in [3.63, 3.8) is 0 Å². The van der Waals surface area contributed by atoms with Crippen LogP contribution in [0.4, 0.5) is 11.4 Å². The molecule has 29 heavy (non-hydrogen) atoms. The van der Waals surface area contributed by atoms with Crippen molar-refractivity contribution in [3.05, 3.63) is 59.7 Å². The van der Waals surface area contributed by atoms with Crippen LogP contribution >= 0.6 is 0 Å². The summed E-state index contributed by atoms with van der Waals surface area (Å²) in [6.07, 6.45) is 2.38. The Balaban J connectivity index is 1.51. The van der Waals surface area contributed by atoms with E-state index in [1.807, 2.05) is 38.1 Å². The summed E-state index contributed by atoms with van der Waals surface area (Å²) in [6, 6.07) is 14.3. The third kappa shape index (κ3) is 6.45. The Bertz CT molecular complexity index is 886. The van der Waals surface area contributed by atoms with Crippen LogP contribution in [0.3, 0.4) is 0 Å². The number of rotatable bonds is 8. The summed E-state index contributed by atoms with van der Waals surface area (Å²) in [5.41, 5.74) is 2.84. The molecule has 6 heteroatoms. The molecule has 0 radical (unpaired) electrons. The summed E-state index contributed by atoms with van der Waals surface area (Å²) in [5, 5.41) is 8.61. The van der Waals surface area contributed by atoms with E-state index in [4.69, 9.17) is 0 Å². The lowest BCUT2D eigenvalue weighted by molar-refractivity contribution is -0.117. The van der Waals surface area contributed by atoms with Crippen molar-refractivity contribution in [1.82, 2.24) is 5.32 Å². The summed E-state index contributed by atoms with van der Waals surface area (Å²) in [4.78, 5) is 36.1. The smallest absolute Gasteiger partial charge is 0.251 e. The zero-order valence-electron chi connectivity index (χ0n) is 16.8. The van der Waals surface area contributed by atoms with Gasteiger partial charge in [0.05, 0.1) is 0 Å². The Morgan fingerprint density at radius 1 is 0.966 bits per heavy atom. The van der Waals surface area contributed by atoms with Gasteiger partial charge in [0, 0.05) is 35.8 Å². The number of hydrogen-bond acceptors (Lipinski definition) is 3. The SMILES string of the molecule is CC(C)CC(=O)Nc1cccc(CNC(=O)c2ccc(NC(=O)C3CC3)cc2)c1. The number of hydrogen-bond donors (Lipinski definition) is 3. The van der Waals surface area contributed by atoms with Crippen LogP contribution in [0.5, 0.6) is 0 Å². The predicted octanol–water partition coefficient (Wildman–Crippen LogP) is 3.95. The molecule has 3 N–H and O–H groups in total. The van der Waals surface area contributed by atoms with Crippen LogP contribution in [0.2, 0.25) is 0 Å². The Labute approximate surface area is 171 Å². The summed E-state index contributed by atoms with van der Waals surface area (Å²) < 4.78 is 0. The summed E-state index contributed by atoms with van der Waals surface area (Å²) in [5.74, 6) is 0.270. The fourth-order valence-corrected chi connectivity index (χ4v) is 2.92. The van der Waals surface area contributed by atoms with Crippen molar-refractivity contribution in [3.8, 4) is 0 Å². The van der Waals surface area contributed by atoms with E-state index < -0.39 is 0 Å². The lowest BCUT2D eigenvalue weighted by Crippen LogP contribution is -2.23. The molecule has 0 bridgehead atoms. The van der Waals surface area contributed by atoms with Gasteiger partial charge in [-0.15, -0.1) is 0 Å². The molecule has 2 aromatic rings. The fourth-order valence-electron chi connectivity index (χ4n) is 2.92. The Hall–Kier alpha value is -3.15. The monoisotopic (exact) mass is 393 g/mol. The second kappa shape index (κ2) is 9.37. The predicted molar refractivity (Wildman–Crippen MR) is 113 cm³/mol. The highest BCUT2D eigenvalue weighted by Crippen LogP contribution is 2.30. The zero-order valence-corrected chi connectivity index (χ0v) is 16.8. The molecule has 0 heterocycles. The molecule has 1 fully saturated rings. The second-order valence-electron chi connectivity index (χ2n) is 7.87. The van der Waals surface area contributed by atoms with Crippen LogP contribution in [-0.4, -0.2) is 17.7 Å². The van der Waals surface area contributed by atoms with Crippen molar-refractivity contribution >= 4 is 29.1 Å². The molecule has 1 aliphatic rings. The molecular weight excluding hydrogens is 366 g/mol. The average Bonchev–Trinajstić information content (AvgIpc) is 3.51. The van der Waals surface area contributed by atoms with Crippen LogP contribution < -0.4 is 16.0 Å². The first-order chi connectivity index (χ1) is 13.9. The molecule has 2 aromatic carbocycles. The first kappa shape index (κ1) is 20.6. The standard InChI is InChI=1S/C23H27N3O3/c1-15(2)12-21(27)25-20-5-3-4-16(13-20)14-24-22(28)17-8-10-19(11-9-17)26-23(29)18-6-7-18/h3-5,8-11,13,15,18H,6-7,12,14H2,1-2H3,(H,24,28)(H,25,27)(H,26,29). The molecule has 3 rings (SSSR count). The van der Waals surface area contributed by atoms with Crippen LogP contribution in [0.25, 0.3) is 0 Å². The van der Waals surface area contributed by atoms with Gasteiger partial charge < -0.3 is 16.0 Å². The highest BCUT2D eigenvalue weighted by molar-refractivity contribution is 5.96. The van der Waals surface area contributed by atoms with Crippen molar-refractivity contribution in [2.24, 2.45) is 11.8 Å². The molecule has 0 saturated heterocycles. The molecular formula is C23H27N3O3. The van der Waals surface area contributed by atoms with E-state index in [2.05, 4.69) is 16.0 Å². The van der Waals surface area contributed by atoms with Gasteiger partial charge in [-0.2, -0.15) is 0 Å². The minimum Gasteiger partial charge on any atom is -0.348 e. The number of carbonyl (C=O) groups is 3. The van der Waals surface area contributed by atoms with E-state index in [9.17, 15) is 14.4 Å². The van der Waals surface area contributed by atoms with E-state index >= 15 is 0 Å². The van der Waals surface area contributed by atoms with Crippen molar-refractivity contribution < 1.29 is 14.4 Å². The van der Waals surface area contributed by atoms with Gasteiger partial charge in [-0.05, 0) is 60.7 Å². The third-order valence-corrected chi connectivity index (χ3v) is 4.62. The van der Waals surface area contributed by atoms with Gasteiger partial charge in [-0.1, -0.05) is 26.0 Å². The van der Waals surface area contributed by atoms with Crippen molar-refractivity contribution in [1.29, 1.82) is 0 Å². The summed E-state index contributed by atoms with van der Waals surface area (Å²) >= 11 is 0. The van der Waals surface area contributed by atoms with E-state index in [0.717, 1.165) is 24.1 Å². The Kier molecular flexibility index (Phi) is 6.65. The molecule has 0 spiro atoms. The molecule has 0 atom stereocenters. The number of benzene rings is 2. The maximum absolute atomic E-state index is 12.4. The largest absolute Gasteiger partial charge is 0.348 e. The zero-order chi connectivity index (χ0) is 20.8. The van der Waals surface area contributed by atoms with E-state index in [-0.39, 0.29) is 23.6 Å². The van der Waals surface area contributed by atoms with Gasteiger partial charge in [-0.25, -0.2) is 0 Å². The highest BCUT2D eigenvalue weighted by atomic mass is 16.2. The summed E-state index contributed by atoms with van der Waals surface area (Å²) in [6.45, 7) is 4.35. The van der Waals surface area contributed by atoms with Gasteiger partial charge in [0.1, 0.15) is 0 Å². The van der Waals surface area contributed by atoms with Crippen molar-refractivity contribution in [2.75, 3.05) is 10.6 Å². The van der Waals surface area contributed by atoms with Gasteiger partial charge in [0.2, 0.25) is 11.8 Å². The average molecular weight is 393 g/mol. The maximum Gasteiger partial charge on any atom is 0.251 e. The molecule has 1 aliphatic carbocycles. The number of carbonyl (C=O) groups excluding carboxylic acids is 3. The minimum atomic E-state index is -0.195. The lowest BCUT2D eigenvalue weighted by Gasteiger charge is -2.10. The minimum absolute atomic E-state index is 0.0185.